The molecule has 1 aliphatic rings. The van der Waals surface area contributed by atoms with Crippen LogP contribution in [0.2, 0.25) is 0 Å². The first-order chi connectivity index (χ1) is 10.7. The van der Waals surface area contributed by atoms with Gasteiger partial charge in [-0.3, -0.25) is 0 Å². The molecule has 1 fully saturated rings. The second-order valence-corrected chi connectivity index (χ2v) is 10.3. The summed E-state index contributed by atoms with van der Waals surface area (Å²) in [5.41, 5.74) is -0.439. The minimum absolute atomic E-state index is 0.193. The fourth-order valence-electron chi connectivity index (χ4n) is 2.67. The summed E-state index contributed by atoms with van der Waals surface area (Å²) in [6.45, 7) is 9.41. The van der Waals surface area contributed by atoms with Crippen molar-refractivity contribution in [3.8, 4) is 0 Å². The molecule has 7 heteroatoms. The van der Waals surface area contributed by atoms with Gasteiger partial charge in [-0.1, -0.05) is 0 Å². The van der Waals surface area contributed by atoms with Crippen molar-refractivity contribution in [3.05, 3.63) is 19.2 Å². The van der Waals surface area contributed by atoms with Gasteiger partial charge in [0, 0.05) is 34.5 Å². The van der Waals surface area contributed by atoms with Gasteiger partial charge in [0.1, 0.15) is 5.60 Å². The predicted molar refractivity (Wildman–Crippen MR) is 102 cm³/mol. The number of rotatable bonds is 3. The highest BCUT2D eigenvalue weighted by Crippen LogP contribution is 2.32. The number of hydrogen-bond acceptors (Lipinski definition) is 4. The molecule has 1 N–H and O–H groups in total. The molecule has 1 saturated heterocycles. The number of nitrogens with zero attached hydrogens (tertiary/aromatic N) is 1. The lowest BCUT2D eigenvalue weighted by atomic mass is 9.98. The number of ether oxygens (including phenoxy) is 1. The van der Waals surface area contributed by atoms with E-state index in [0.717, 1.165) is 34.2 Å². The first-order valence-electron chi connectivity index (χ1n) is 7.82. The van der Waals surface area contributed by atoms with E-state index in [4.69, 9.17) is 4.74 Å². The summed E-state index contributed by atoms with van der Waals surface area (Å²) in [4.78, 5) is 15.4. The van der Waals surface area contributed by atoms with Gasteiger partial charge in [0.2, 0.25) is 0 Å². The average Bonchev–Trinajstić information content (AvgIpc) is 2.73. The maximum absolute atomic E-state index is 12.2. The Labute approximate surface area is 159 Å². The second-order valence-electron chi connectivity index (χ2n) is 6.96. The summed E-state index contributed by atoms with van der Waals surface area (Å²) in [5, 5.41) is 3.61. The maximum Gasteiger partial charge on any atom is 0.410 e. The fraction of sp³-hybridized carbons (Fsp3) is 0.688. The Kier molecular flexibility index (Phi) is 6.56. The van der Waals surface area contributed by atoms with E-state index in [9.17, 15) is 4.79 Å². The molecule has 0 bridgehead atoms. The molecule has 23 heavy (non-hydrogen) atoms. The Morgan fingerprint density at radius 1 is 1.48 bits per heavy atom. The van der Waals surface area contributed by atoms with Crippen LogP contribution in [-0.4, -0.2) is 35.2 Å². The molecular formula is C16H24Br2N2O2S. The molecule has 2 unspecified atom stereocenters. The van der Waals surface area contributed by atoms with Gasteiger partial charge in [0.15, 0.2) is 0 Å². The van der Waals surface area contributed by atoms with E-state index in [1.807, 2.05) is 25.7 Å². The van der Waals surface area contributed by atoms with Crippen molar-refractivity contribution in [2.75, 3.05) is 6.54 Å². The van der Waals surface area contributed by atoms with E-state index >= 15 is 0 Å². The highest BCUT2D eigenvalue weighted by Gasteiger charge is 2.31. The Bertz CT molecular complexity index is 537. The quantitative estimate of drug-likeness (QED) is 0.668. The predicted octanol–water partition coefficient (Wildman–Crippen LogP) is 5.15. The van der Waals surface area contributed by atoms with Crippen LogP contribution < -0.4 is 5.32 Å². The van der Waals surface area contributed by atoms with Crippen LogP contribution in [-0.2, 0) is 11.3 Å². The normalized spacial score (nSPS) is 22.3. The monoisotopic (exact) mass is 466 g/mol. The average molecular weight is 468 g/mol. The molecule has 0 saturated carbocycles. The van der Waals surface area contributed by atoms with Gasteiger partial charge in [0.25, 0.3) is 0 Å². The van der Waals surface area contributed by atoms with Crippen LogP contribution in [0.1, 0.15) is 45.4 Å². The lowest BCUT2D eigenvalue weighted by Gasteiger charge is -2.38. The molecule has 4 nitrogen and oxygen atoms in total. The number of halogens is 2. The van der Waals surface area contributed by atoms with Crippen molar-refractivity contribution in [2.24, 2.45) is 0 Å². The summed E-state index contributed by atoms with van der Waals surface area (Å²) in [6.07, 6.45) is 1.71. The summed E-state index contributed by atoms with van der Waals surface area (Å²) < 4.78 is 7.72. The third kappa shape index (κ3) is 5.73. The topological polar surface area (TPSA) is 41.6 Å². The number of piperidine rings is 1. The molecule has 0 aromatic carbocycles. The van der Waals surface area contributed by atoms with Gasteiger partial charge in [-0.25, -0.2) is 4.79 Å². The minimum Gasteiger partial charge on any atom is -0.444 e. The molecule has 0 aliphatic carbocycles. The van der Waals surface area contributed by atoms with Crippen molar-refractivity contribution >= 4 is 49.3 Å². The van der Waals surface area contributed by atoms with E-state index in [1.54, 1.807) is 11.3 Å². The zero-order chi connectivity index (χ0) is 17.2. The van der Waals surface area contributed by atoms with Crippen molar-refractivity contribution in [1.29, 1.82) is 0 Å². The number of carbonyl (C=O) groups excluding carboxylic acids is 1. The number of amides is 1. The van der Waals surface area contributed by atoms with Crippen molar-refractivity contribution in [3.63, 3.8) is 0 Å². The molecule has 2 heterocycles. The number of likely N-dealkylation sites (tertiary alicyclic amines) is 1. The number of nitrogens with one attached hydrogen (secondary N) is 1. The van der Waals surface area contributed by atoms with E-state index in [2.05, 4.69) is 50.2 Å². The van der Waals surface area contributed by atoms with Crippen LogP contribution in [0.3, 0.4) is 0 Å². The third-order valence-electron chi connectivity index (χ3n) is 3.77. The van der Waals surface area contributed by atoms with Crippen LogP contribution >= 0.6 is 43.2 Å². The molecule has 1 aliphatic heterocycles. The van der Waals surface area contributed by atoms with Crippen LogP contribution in [0.4, 0.5) is 4.79 Å². The molecule has 0 radical (unpaired) electrons. The number of carbonyl (C=O) groups is 1. The van der Waals surface area contributed by atoms with Gasteiger partial charge in [-0.05, 0) is 78.5 Å². The van der Waals surface area contributed by atoms with Crippen LogP contribution in [0.5, 0.6) is 0 Å². The molecular weight excluding hydrogens is 444 g/mol. The summed E-state index contributed by atoms with van der Waals surface area (Å²) in [7, 11) is 0. The summed E-state index contributed by atoms with van der Waals surface area (Å²) in [6, 6.07) is 2.77. The van der Waals surface area contributed by atoms with Gasteiger partial charge >= 0.3 is 6.09 Å². The van der Waals surface area contributed by atoms with Crippen molar-refractivity contribution in [2.45, 2.75) is 64.8 Å². The largest absolute Gasteiger partial charge is 0.444 e. The Balaban J connectivity index is 1.82. The van der Waals surface area contributed by atoms with Crippen molar-refractivity contribution < 1.29 is 9.53 Å². The second kappa shape index (κ2) is 7.85. The van der Waals surface area contributed by atoms with Gasteiger partial charge in [0.05, 0.1) is 3.79 Å². The molecule has 130 valence electrons. The Morgan fingerprint density at radius 2 is 2.17 bits per heavy atom. The molecule has 1 aromatic rings. The highest BCUT2D eigenvalue weighted by atomic mass is 79.9. The summed E-state index contributed by atoms with van der Waals surface area (Å²) >= 11 is 8.78. The van der Waals surface area contributed by atoms with Gasteiger partial charge < -0.3 is 15.0 Å². The molecule has 2 atom stereocenters. The first-order valence-corrected chi connectivity index (χ1v) is 10.2. The smallest absolute Gasteiger partial charge is 0.410 e. The maximum atomic E-state index is 12.2. The summed E-state index contributed by atoms with van der Waals surface area (Å²) in [5.74, 6) is 0. The van der Waals surface area contributed by atoms with E-state index in [1.165, 1.54) is 4.88 Å². The fourth-order valence-corrected chi connectivity index (χ4v) is 4.80. The minimum atomic E-state index is -0.439. The zero-order valence-electron chi connectivity index (χ0n) is 14.0. The third-order valence-corrected chi connectivity index (χ3v) is 7.02. The van der Waals surface area contributed by atoms with Gasteiger partial charge in [-0.2, -0.15) is 0 Å². The zero-order valence-corrected chi connectivity index (χ0v) is 18.0. The standard InChI is InChI=1S/C16H24Br2N2O2S/c1-10-7-11(19-9-12-8-13(17)14(18)23-12)5-6-20(10)15(21)22-16(2,3)4/h8,10-11,19H,5-7,9H2,1-4H3. The van der Waals surface area contributed by atoms with Crippen LogP contribution in [0.15, 0.2) is 14.3 Å². The number of hydrogen-bond donors (Lipinski definition) is 1. The number of thiophene rings is 1. The lowest BCUT2D eigenvalue weighted by molar-refractivity contribution is 0.00933. The van der Waals surface area contributed by atoms with Crippen LogP contribution in [0, 0.1) is 0 Å². The first kappa shape index (κ1) is 19.2. The van der Waals surface area contributed by atoms with E-state index < -0.39 is 5.60 Å². The lowest BCUT2D eigenvalue weighted by Crippen LogP contribution is -2.50. The molecule has 1 amide bonds. The van der Waals surface area contributed by atoms with E-state index in [0.29, 0.717) is 6.04 Å². The van der Waals surface area contributed by atoms with Crippen molar-refractivity contribution in [1.82, 2.24) is 10.2 Å². The Morgan fingerprint density at radius 3 is 2.70 bits per heavy atom. The van der Waals surface area contributed by atoms with Crippen LogP contribution in [0.25, 0.3) is 0 Å². The highest BCUT2D eigenvalue weighted by molar-refractivity contribution is 9.13. The Hall–Kier alpha value is -0.110. The molecule has 0 spiro atoms. The van der Waals surface area contributed by atoms with E-state index in [-0.39, 0.29) is 12.1 Å². The molecule has 2 rings (SSSR count). The SMILES string of the molecule is CC1CC(NCc2cc(Br)c(Br)s2)CCN1C(=O)OC(C)(C)C. The molecule has 1 aromatic heterocycles. The van der Waals surface area contributed by atoms with Gasteiger partial charge in [-0.15, -0.1) is 11.3 Å².